The minimum atomic E-state index is -4.55. The number of carbonyl (C=O) groups excluding carboxylic acids is 1. The van der Waals surface area contributed by atoms with Gasteiger partial charge in [0.25, 0.3) is 0 Å². The van der Waals surface area contributed by atoms with Crippen molar-refractivity contribution < 1.29 is 35.9 Å². The fourth-order valence-electron chi connectivity index (χ4n) is 2.33. The van der Waals surface area contributed by atoms with Gasteiger partial charge in [0.15, 0.2) is 0 Å². The first-order valence-corrected chi connectivity index (χ1v) is 8.57. The molecule has 0 aliphatic rings. The summed E-state index contributed by atoms with van der Waals surface area (Å²) in [6.07, 6.45) is -4.55. The summed E-state index contributed by atoms with van der Waals surface area (Å²) in [5, 5.41) is 0. The number of benzene rings is 2. The summed E-state index contributed by atoms with van der Waals surface area (Å²) in [6.45, 7) is -0.669. The Morgan fingerprint density at radius 3 is 2.44 bits per heavy atom. The highest BCUT2D eigenvalue weighted by Crippen LogP contribution is 2.30. The van der Waals surface area contributed by atoms with E-state index in [-0.39, 0.29) is 29.8 Å². The molecule has 0 saturated carbocycles. The molecule has 2 rings (SSSR count). The Labute approximate surface area is 155 Å². The number of halogens is 4. The molecule has 0 heterocycles. The van der Waals surface area contributed by atoms with E-state index >= 15 is 0 Å². The van der Waals surface area contributed by atoms with Crippen LogP contribution in [0.2, 0.25) is 0 Å². The van der Waals surface area contributed by atoms with E-state index in [1.54, 1.807) is 0 Å². The summed E-state index contributed by atoms with van der Waals surface area (Å²) in [7, 11) is 1.14. The summed E-state index contributed by atoms with van der Waals surface area (Å²) in [6, 6.07) is 7.74. The summed E-state index contributed by atoms with van der Waals surface area (Å²) < 4.78 is 78.8. The zero-order valence-electron chi connectivity index (χ0n) is 14.0. The molecule has 0 radical (unpaired) electrons. The first kappa shape index (κ1) is 21.0. The van der Waals surface area contributed by atoms with Crippen LogP contribution in [0.4, 0.5) is 17.6 Å². The predicted molar refractivity (Wildman–Crippen MR) is 89.2 cm³/mol. The molecule has 146 valence electrons. The largest absolute Gasteiger partial charge is 0.465 e. The van der Waals surface area contributed by atoms with Crippen LogP contribution in [-0.4, -0.2) is 26.1 Å². The van der Waals surface area contributed by atoms with E-state index in [9.17, 15) is 31.1 Å². The molecular formula is C17H15F4NO4S. The Kier molecular flexibility index (Phi) is 6.68. The molecule has 5 nitrogen and oxygen atoms in total. The van der Waals surface area contributed by atoms with Gasteiger partial charge < -0.3 is 4.74 Å². The van der Waals surface area contributed by atoms with Crippen LogP contribution in [0.3, 0.4) is 0 Å². The Balaban J connectivity index is 2.22. The van der Waals surface area contributed by atoms with Crippen LogP contribution in [0.1, 0.15) is 27.0 Å². The predicted octanol–water partition coefficient (Wildman–Crippen LogP) is 3.77. The molecule has 0 saturated heterocycles. The first-order valence-electron chi connectivity index (χ1n) is 7.50. The van der Waals surface area contributed by atoms with E-state index in [1.165, 1.54) is 24.3 Å². The number of ether oxygens (including phenoxy) is 1. The van der Waals surface area contributed by atoms with Gasteiger partial charge in [0.1, 0.15) is 5.82 Å². The van der Waals surface area contributed by atoms with E-state index in [0.29, 0.717) is 0 Å². The van der Waals surface area contributed by atoms with E-state index in [2.05, 4.69) is 4.74 Å². The van der Waals surface area contributed by atoms with E-state index in [1.807, 2.05) is 0 Å². The lowest BCUT2D eigenvalue weighted by Gasteiger charge is -2.19. The van der Waals surface area contributed by atoms with Gasteiger partial charge >= 0.3 is 12.1 Å². The van der Waals surface area contributed by atoms with Crippen LogP contribution in [0.15, 0.2) is 42.5 Å². The van der Waals surface area contributed by atoms with Gasteiger partial charge in [-0.1, -0.05) is 24.3 Å². The molecule has 0 bridgehead atoms. The number of rotatable bonds is 6. The Hall–Kier alpha value is -2.30. The number of hydrogen-bond acceptors (Lipinski definition) is 3. The van der Waals surface area contributed by atoms with Gasteiger partial charge in [-0.25, -0.2) is 13.4 Å². The maximum Gasteiger partial charge on any atom is 0.416 e. The second-order valence-electron chi connectivity index (χ2n) is 5.52. The van der Waals surface area contributed by atoms with Crippen molar-refractivity contribution in [3.8, 4) is 0 Å². The third kappa shape index (κ3) is 5.59. The van der Waals surface area contributed by atoms with Crippen molar-refractivity contribution in [2.24, 2.45) is 0 Å². The van der Waals surface area contributed by atoms with Crippen LogP contribution in [0, 0.1) is 5.82 Å². The molecule has 1 N–H and O–H groups in total. The molecule has 10 heteroatoms. The maximum atomic E-state index is 14.2. The summed E-state index contributed by atoms with van der Waals surface area (Å²) in [5.41, 5.74) is -0.790. The lowest BCUT2D eigenvalue weighted by Crippen LogP contribution is -2.25. The molecule has 0 aromatic heterocycles. The van der Waals surface area contributed by atoms with Gasteiger partial charge in [0.2, 0.25) is 11.3 Å². The molecule has 1 atom stereocenters. The minimum absolute atomic E-state index is 0.00275. The molecule has 0 fully saturated rings. The first-order chi connectivity index (χ1) is 12.6. The maximum absolute atomic E-state index is 14.2. The molecule has 2 aromatic rings. The molecule has 2 aromatic carbocycles. The average Bonchev–Trinajstić information content (AvgIpc) is 2.61. The number of carbonyl (C=O) groups is 1. The highest BCUT2D eigenvalue weighted by molar-refractivity contribution is 7.76. The Morgan fingerprint density at radius 1 is 1.19 bits per heavy atom. The van der Waals surface area contributed by atoms with Gasteiger partial charge in [-0.3, -0.25) is 4.55 Å². The third-order valence-electron chi connectivity index (χ3n) is 3.65. The lowest BCUT2D eigenvalue weighted by atomic mass is 10.1. The van der Waals surface area contributed by atoms with Gasteiger partial charge in [0.05, 0.1) is 18.2 Å². The molecule has 0 aliphatic carbocycles. The van der Waals surface area contributed by atoms with Crippen molar-refractivity contribution in [1.29, 1.82) is 0 Å². The minimum Gasteiger partial charge on any atom is -0.465 e. The number of esters is 1. The second-order valence-corrected chi connectivity index (χ2v) is 6.50. The number of nitrogens with zero attached hydrogens (tertiary/aromatic N) is 1. The fraction of sp³-hybridized carbons (Fsp3) is 0.235. The molecule has 0 aliphatic heterocycles. The van der Waals surface area contributed by atoms with Crippen molar-refractivity contribution in [2.75, 3.05) is 7.11 Å². The van der Waals surface area contributed by atoms with Crippen molar-refractivity contribution in [3.05, 3.63) is 70.5 Å². The summed E-state index contributed by atoms with van der Waals surface area (Å²) in [5.74, 6) is -1.55. The van der Waals surface area contributed by atoms with Crippen LogP contribution >= 0.6 is 0 Å². The smallest absolute Gasteiger partial charge is 0.416 e. The zero-order valence-corrected chi connectivity index (χ0v) is 14.8. The molecule has 27 heavy (non-hydrogen) atoms. The van der Waals surface area contributed by atoms with E-state index in [4.69, 9.17) is 0 Å². The van der Waals surface area contributed by atoms with Gasteiger partial charge in [-0.2, -0.15) is 17.5 Å². The van der Waals surface area contributed by atoms with Crippen LogP contribution in [0.5, 0.6) is 0 Å². The molecule has 0 spiro atoms. The summed E-state index contributed by atoms with van der Waals surface area (Å²) >= 11 is -2.56. The fourth-order valence-corrected chi connectivity index (χ4v) is 2.84. The highest BCUT2D eigenvalue weighted by Gasteiger charge is 2.30. The van der Waals surface area contributed by atoms with Gasteiger partial charge in [0, 0.05) is 18.7 Å². The van der Waals surface area contributed by atoms with Crippen LogP contribution < -0.4 is 0 Å². The molecule has 0 amide bonds. The number of methoxy groups -OCH3 is 1. The quantitative estimate of drug-likeness (QED) is 0.451. The topological polar surface area (TPSA) is 66.8 Å². The summed E-state index contributed by atoms with van der Waals surface area (Å²) in [4.78, 5) is 11.4. The van der Waals surface area contributed by atoms with Crippen LogP contribution in [-0.2, 0) is 35.3 Å². The Morgan fingerprint density at radius 2 is 1.89 bits per heavy atom. The van der Waals surface area contributed by atoms with Crippen molar-refractivity contribution >= 4 is 17.2 Å². The van der Waals surface area contributed by atoms with Crippen molar-refractivity contribution in [1.82, 2.24) is 4.31 Å². The van der Waals surface area contributed by atoms with Gasteiger partial charge in [-0.15, -0.1) is 0 Å². The lowest BCUT2D eigenvalue weighted by molar-refractivity contribution is -0.137. The van der Waals surface area contributed by atoms with E-state index in [0.717, 1.165) is 29.6 Å². The van der Waals surface area contributed by atoms with Crippen LogP contribution in [0.25, 0.3) is 0 Å². The van der Waals surface area contributed by atoms with Gasteiger partial charge in [-0.05, 0) is 23.8 Å². The van der Waals surface area contributed by atoms with Crippen molar-refractivity contribution in [2.45, 2.75) is 19.3 Å². The normalized spacial score (nSPS) is 12.9. The van der Waals surface area contributed by atoms with Crippen molar-refractivity contribution in [3.63, 3.8) is 0 Å². The average molecular weight is 405 g/mol. The zero-order chi connectivity index (χ0) is 20.2. The second kappa shape index (κ2) is 8.59. The standard InChI is InChI=1S/C17H15F4NO4S/c1-26-16(23)12-5-6-13(15(18)8-12)10-22(27(24)25)9-11-3-2-4-14(7-11)17(19,20)21/h2-8H,9-10H2,1H3,(H,24,25). The number of alkyl halides is 3. The molecular weight excluding hydrogens is 390 g/mol. The van der Waals surface area contributed by atoms with E-state index < -0.39 is 34.8 Å². The SMILES string of the molecule is COC(=O)c1ccc(CN(Cc2cccc(C(F)(F)F)c2)S(=O)O)c(F)c1. The highest BCUT2D eigenvalue weighted by atomic mass is 32.2. The Bertz CT molecular complexity index is 857. The monoisotopic (exact) mass is 405 g/mol. The molecule has 1 unspecified atom stereocenters. The number of hydrogen-bond donors (Lipinski definition) is 1. The third-order valence-corrected chi connectivity index (χ3v) is 4.35.